The van der Waals surface area contributed by atoms with E-state index >= 15 is 0 Å². The predicted octanol–water partition coefficient (Wildman–Crippen LogP) is 4.94. The molecule has 2 N–H and O–H groups in total. The van der Waals surface area contributed by atoms with Crippen LogP contribution < -0.4 is 4.90 Å². The number of aromatic nitrogens is 4. The zero-order valence-electron chi connectivity index (χ0n) is 21.7. The Bertz CT molecular complexity index is 1450. The topological polar surface area (TPSA) is 67.1 Å². The van der Waals surface area contributed by atoms with Gasteiger partial charge in [-0.15, -0.1) is 0 Å². The Morgan fingerprint density at radius 3 is 2.64 bits per heavy atom. The molecule has 0 atom stereocenters. The van der Waals surface area contributed by atoms with Crippen LogP contribution in [-0.2, 0) is 0 Å². The van der Waals surface area contributed by atoms with Crippen LogP contribution in [0.15, 0.2) is 66.8 Å². The second-order valence-electron chi connectivity index (χ2n) is 9.79. The summed E-state index contributed by atoms with van der Waals surface area (Å²) in [5, 5.41) is 8.90. The van der Waals surface area contributed by atoms with E-state index in [1.807, 2.05) is 6.08 Å². The van der Waals surface area contributed by atoms with Crippen LogP contribution in [0.2, 0.25) is 0 Å². The van der Waals surface area contributed by atoms with Crippen LogP contribution in [0.3, 0.4) is 0 Å². The molecule has 2 aromatic heterocycles. The monoisotopic (exact) mass is 481 g/mol. The molecule has 0 spiro atoms. The zero-order chi connectivity index (χ0) is 25.2. The summed E-state index contributed by atoms with van der Waals surface area (Å²) in [6, 6.07) is 12.8. The van der Waals surface area contributed by atoms with Gasteiger partial charge in [0.1, 0.15) is 11.2 Å². The van der Waals surface area contributed by atoms with Crippen LogP contribution in [0.25, 0.3) is 39.0 Å². The van der Waals surface area contributed by atoms with Crippen LogP contribution in [0, 0.1) is 0 Å². The van der Waals surface area contributed by atoms with Crippen LogP contribution in [0.1, 0.15) is 12.5 Å². The third-order valence-electron chi connectivity index (χ3n) is 6.87. The molecule has 1 aliphatic rings. The van der Waals surface area contributed by atoms with Gasteiger partial charge in [-0.05, 0) is 69.0 Å². The summed E-state index contributed by atoms with van der Waals surface area (Å²) in [7, 11) is 6.31. The van der Waals surface area contributed by atoms with Crippen molar-refractivity contribution >= 4 is 33.2 Å². The van der Waals surface area contributed by atoms with Gasteiger partial charge in [0, 0.05) is 38.1 Å². The number of benzene rings is 2. The van der Waals surface area contributed by atoms with Crippen molar-refractivity contribution in [1.82, 2.24) is 30.0 Å². The number of aromatic amines is 2. The van der Waals surface area contributed by atoms with Gasteiger partial charge in [-0.2, -0.15) is 5.10 Å². The first-order chi connectivity index (χ1) is 17.5. The average Bonchev–Trinajstić information content (AvgIpc) is 3.50. The largest absolute Gasteiger partial charge is 0.367 e. The van der Waals surface area contributed by atoms with Gasteiger partial charge in [0.05, 0.1) is 16.7 Å². The molecule has 2 aromatic carbocycles. The smallest absolute Gasteiger partial charge is 0.159 e. The van der Waals surface area contributed by atoms with E-state index < -0.39 is 0 Å². The number of fused-ring (bicyclic) bond motifs is 2. The number of piperazine rings is 1. The van der Waals surface area contributed by atoms with E-state index in [0.29, 0.717) is 0 Å². The lowest BCUT2D eigenvalue weighted by Gasteiger charge is -2.34. The Morgan fingerprint density at radius 1 is 1.11 bits per heavy atom. The highest BCUT2D eigenvalue weighted by atomic mass is 15.3. The molecule has 4 aromatic rings. The van der Waals surface area contributed by atoms with Crippen molar-refractivity contribution in [2.24, 2.45) is 0 Å². The summed E-state index contributed by atoms with van der Waals surface area (Å²) in [6.45, 7) is 11.0. The molecule has 0 radical (unpaired) electrons. The number of hydrogen-bond acceptors (Lipinski definition) is 5. The molecular formula is C29H35N7. The quantitative estimate of drug-likeness (QED) is 0.366. The maximum absolute atomic E-state index is 5.05. The molecule has 186 valence electrons. The minimum Gasteiger partial charge on any atom is -0.367 e. The molecule has 1 fully saturated rings. The standard InChI is InChI=1S/C29H35N7/c1-6-20(19-34(3)4)17-21(7-2)22-11-12-24-23(18-22)27(33-32-24)29-30-25-9-8-10-26(28(25)31-29)36-15-13-35(5)14-16-36/h6-12,17-18H,1,13-16,19H2,2-5H3,(H,30,31)(H,32,33)/b20-17+,21-7+. The third-order valence-corrected chi connectivity index (χ3v) is 6.87. The van der Waals surface area contributed by atoms with Crippen molar-refractivity contribution in [2.75, 3.05) is 58.8 Å². The third kappa shape index (κ3) is 4.72. The molecule has 0 bridgehead atoms. The summed E-state index contributed by atoms with van der Waals surface area (Å²) in [6.07, 6.45) is 6.28. The molecular weight excluding hydrogens is 446 g/mol. The highest BCUT2D eigenvalue weighted by molar-refractivity contribution is 5.97. The molecule has 5 rings (SSSR count). The summed E-state index contributed by atoms with van der Waals surface area (Å²) in [5.41, 5.74) is 8.51. The minimum absolute atomic E-state index is 0.784. The lowest BCUT2D eigenvalue weighted by Crippen LogP contribution is -2.44. The van der Waals surface area contributed by atoms with Gasteiger partial charge >= 0.3 is 0 Å². The van der Waals surface area contributed by atoms with Crippen molar-refractivity contribution in [3.63, 3.8) is 0 Å². The van der Waals surface area contributed by atoms with Crippen LogP contribution in [0.5, 0.6) is 0 Å². The first-order valence-electron chi connectivity index (χ1n) is 12.5. The van der Waals surface area contributed by atoms with Crippen LogP contribution >= 0.6 is 0 Å². The van der Waals surface area contributed by atoms with Crippen LogP contribution in [0.4, 0.5) is 5.69 Å². The fourth-order valence-corrected chi connectivity index (χ4v) is 4.87. The van der Waals surface area contributed by atoms with E-state index in [9.17, 15) is 0 Å². The van der Waals surface area contributed by atoms with Gasteiger partial charge in [-0.25, -0.2) is 4.98 Å². The first kappa shape index (κ1) is 24.0. The number of rotatable bonds is 7. The number of nitrogens with one attached hydrogen (secondary N) is 2. The van der Waals surface area contributed by atoms with Crippen molar-refractivity contribution in [2.45, 2.75) is 6.92 Å². The lowest BCUT2D eigenvalue weighted by atomic mass is 10.00. The fourth-order valence-electron chi connectivity index (χ4n) is 4.87. The molecule has 0 amide bonds. The molecule has 0 aliphatic carbocycles. The number of H-pyrrole nitrogens is 2. The molecule has 0 unspecified atom stereocenters. The van der Waals surface area contributed by atoms with E-state index in [0.717, 1.165) is 77.3 Å². The minimum atomic E-state index is 0.784. The predicted molar refractivity (Wildman–Crippen MR) is 151 cm³/mol. The number of anilines is 1. The lowest BCUT2D eigenvalue weighted by molar-refractivity contribution is 0.313. The Balaban J connectivity index is 1.53. The Labute approximate surface area is 212 Å². The van der Waals surface area contributed by atoms with E-state index in [1.165, 1.54) is 11.3 Å². The number of para-hydroxylation sites is 1. The van der Waals surface area contributed by atoms with E-state index in [-0.39, 0.29) is 0 Å². The fraction of sp³-hybridized carbons (Fsp3) is 0.310. The van der Waals surface area contributed by atoms with Gasteiger partial charge in [0.2, 0.25) is 0 Å². The van der Waals surface area contributed by atoms with E-state index in [4.69, 9.17) is 4.98 Å². The first-order valence-corrected chi connectivity index (χ1v) is 12.5. The van der Waals surface area contributed by atoms with Gasteiger partial charge in [-0.1, -0.05) is 36.9 Å². The highest BCUT2D eigenvalue weighted by Gasteiger charge is 2.20. The Hall–Kier alpha value is -3.68. The summed E-state index contributed by atoms with van der Waals surface area (Å²) < 4.78 is 0. The number of allylic oxidation sites excluding steroid dienone is 3. The van der Waals surface area contributed by atoms with Gasteiger partial charge in [0.15, 0.2) is 5.82 Å². The summed E-state index contributed by atoms with van der Waals surface area (Å²) in [5.74, 6) is 0.784. The van der Waals surface area contributed by atoms with Gasteiger partial charge < -0.3 is 19.7 Å². The summed E-state index contributed by atoms with van der Waals surface area (Å²) in [4.78, 5) is 15.5. The molecule has 3 heterocycles. The second-order valence-corrected chi connectivity index (χ2v) is 9.79. The van der Waals surface area contributed by atoms with E-state index in [2.05, 4.69) is 113 Å². The van der Waals surface area contributed by atoms with Crippen LogP contribution in [-0.4, -0.2) is 83.8 Å². The molecule has 36 heavy (non-hydrogen) atoms. The molecule has 1 saturated heterocycles. The van der Waals surface area contributed by atoms with Gasteiger partial charge in [0.25, 0.3) is 0 Å². The van der Waals surface area contributed by atoms with Crippen molar-refractivity contribution in [3.8, 4) is 11.5 Å². The molecule has 7 nitrogen and oxygen atoms in total. The normalized spacial score (nSPS) is 16.0. The number of likely N-dealkylation sites (N-methyl/N-ethyl adjacent to an activating group) is 2. The Kier molecular flexibility index (Phi) is 6.76. The zero-order valence-corrected chi connectivity index (χ0v) is 21.7. The van der Waals surface area contributed by atoms with Crippen molar-refractivity contribution < 1.29 is 0 Å². The van der Waals surface area contributed by atoms with Crippen molar-refractivity contribution in [1.29, 1.82) is 0 Å². The maximum atomic E-state index is 5.05. The number of nitrogens with zero attached hydrogens (tertiary/aromatic N) is 5. The molecule has 0 saturated carbocycles. The second kappa shape index (κ2) is 10.1. The average molecular weight is 482 g/mol. The summed E-state index contributed by atoms with van der Waals surface area (Å²) >= 11 is 0. The SMILES string of the molecule is C=C/C(=C\C(=C/C)c1ccc2[nH]nc(-c3nc4c(N5CCN(C)CC5)cccc4[nH]3)c2c1)CN(C)C. The molecule has 1 aliphatic heterocycles. The van der Waals surface area contributed by atoms with Crippen molar-refractivity contribution in [3.05, 3.63) is 72.3 Å². The maximum Gasteiger partial charge on any atom is 0.159 e. The number of imidazole rings is 1. The highest BCUT2D eigenvalue weighted by Crippen LogP contribution is 2.32. The Morgan fingerprint density at radius 2 is 1.92 bits per heavy atom. The van der Waals surface area contributed by atoms with E-state index in [1.54, 1.807) is 0 Å². The van der Waals surface area contributed by atoms with Gasteiger partial charge in [-0.3, -0.25) is 5.10 Å². The molecule has 7 heteroatoms. The number of hydrogen-bond donors (Lipinski definition) is 2.